The molecular formula is C23H27F2N3O4S2. The summed E-state index contributed by atoms with van der Waals surface area (Å²) < 4.78 is 52.6. The lowest BCUT2D eigenvalue weighted by molar-refractivity contribution is -0.118. The van der Waals surface area contributed by atoms with E-state index in [1.54, 1.807) is 12.1 Å². The van der Waals surface area contributed by atoms with Crippen LogP contribution in [0.3, 0.4) is 0 Å². The molecule has 1 amide bonds. The fourth-order valence-corrected chi connectivity index (χ4v) is 6.44. The largest absolute Gasteiger partial charge is 0.396 e. The summed E-state index contributed by atoms with van der Waals surface area (Å²) >= 11 is 1.33. The van der Waals surface area contributed by atoms with Gasteiger partial charge in [0.25, 0.3) is 0 Å². The molecule has 0 aliphatic heterocycles. The maximum absolute atomic E-state index is 13.8. The van der Waals surface area contributed by atoms with Crippen LogP contribution >= 0.6 is 11.8 Å². The Morgan fingerprint density at radius 2 is 1.79 bits per heavy atom. The van der Waals surface area contributed by atoms with Crippen molar-refractivity contribution >= 4 is 33.3 Å². The van der Waals surface area contributed by atoms with E-state index < -0.39 is 34.0 Å². The first-order chi connectivity index (χ1) is 16.3. The number of halogens is 2. The van der Waals surface area contributed by atoms with Gasteiger partial charge in [0.15, 0.2) is 15.7 Å². The molecule has 1 aromatic carbocycles. The molecule has 0 spiro atoms. The number of carbonyl (C=O) groups is 1. The van der Waals surface area contributed by atoms with Crippen molar-refractivity contribution < 1.29 is 27.1 Å². The summed E-state index contributed by atoms with van der Waals surface area (Å²) in [5, 5.41) is 11.9. The third kappa shape index (κ3) is 5.92. The van der Waals surface area contributed by atoms with Gasteiger partial charge in [0.05, 0.1) is 35.1 Å². The third-order valence-electron chi connectivity index (χ3n) is 6.19. The predicted octanol–water partition coefficient (Wildman–Crippen LogP) is 3.70. The Morgan fingerprint density at radius 3 is 2.35 bits per heavy atom. The molecule has 4 rings (SSSR count). The molecule has 1 unspecified atom stereocenters. The van der Waals surface area contributed by atoms with E-state index in [9.17, 15) is 22.0 Å². The maximum atomic E-state index is 13.8. The van der Waals surface area contributed by atoms with Gasteiger partial charge in [-0.3, -0.25) is 4.79 Å². The van der Waals surface area contributed by atoms with E-state index in [2.05, 4.69) is 15.3 Å². The van der Waals surface area contributed by atoms with Gasteiger partial charge in [0, 0.05) is 5.75 Å². The Kier molecular flexibility index (Phi) is 7.83. The summed E-state index contributed by atoms with van der Waals surface area (Å²) in [6.07, 6.45) is 1.48. The van der Waals surface area contributed by atoms with Crippen molar-refractivity contribution in [3.05, 3.63) is 42.2 Å². The van der Waals surface area contributed by atoms with Gasteiger partial charge in [0.1, 0.15) is 17.4 Å². The van der Waals surface area contributed by atoms with Crippen molar-refractivity contribution in [2.45, 2.75) is 65.5 Å². The number of sulfone groups is 1. The summed E-state index contributed by atoms with van der Waals surface area (Å²) in [7, 11) is -3.36. The Hall–Kier alpha value is -2.11. The molecule has 2 saturated carbocycles. The SMILES string of the molecule is O=C(Nc1cnc(SCCO)cn1)[C@H](CC1C[C@@H](F)[C@@H](F)C1)c1ccc(S(=O)(=O)C2CC2)cc1. The van der Waals surface area contributed by atoms with E-state index in [-0.39, 0.29) is 47.8 Å². The number of anilines is 1. The van der Waals surface area contributed by atoms with Gasteiger partial charge < -0.3 is 10.4 Å². The number of thioether (sulfide) groups is 1. The first-order valence-corrected chi connectivity index (χ1v) is 13.8. The van der Waals surface area contributed by atoms with Gasteiger partial charge in [-0.2, -0.15) is 0 Å². The van der Waals surface area contributed by atoms with Gasteiger partial charge in [-0.1, -0.05) is 12.1 Å². The molecule has 0 bridgehead atoms. The molecule has 2 fully saturated rings. The molecule has 1 aromatic heterocycles. The first-order valence-electron chi connectivity index (χ1n) is 11.3. The zero-order valence-corrected chi connectivity index (χ0v) is 20.1. The average molecular weight is 512 g/mol. The molecule has 34 heavy (non-hydrogen) atoms. The van der Waals surface area contributed by atoms with Crippen molar-refractivity contribution in [1.29, 1.82) is 0 Å². The summed E-state index contributed by atoms with van der Waals surface area (Å²) in [4.78, 5) is 21.8. The van der Waals surface area contributed by atoms with Crippen LogP contribution in [0.1, 0.15) is 43.6 Å². The van der Waals surface area contributed by atoms with Crippen LogP contribution in [0, 0.1) is 5.92 Å². The zero-order chi connectivity index (χ0) is 24.3. The normalized spacial score (nSPS) is 23.6. The number of benzene rings is 1. The van der Waals surface area contributed by atoms with E-state index in [0.29, 0.717) is 29.2 Å². The van der Waals surface area contributed by atoms with Gasteiger partial charge in [-0.25, -0.2) is 27.2 Å². The van der Waals surface area contributed by atoms with Crippen molar-refractivity contribution in [3.63, 3.8) is 0 Å². The van der Waals surface area contributed by atoms with E-state index in [1.807, 2.05) is 0 Å². The average Bonchev–Trinajstić information content (AvgIpc) is 3.63. The second-order valence-electron chi connectivity index (χ2n) is 8.77. The minimum atomic E-state index is -3.36. The second kappa shape index (κ2) is 10.7. The Bertz CT molecular complexity index is 1090. The molecule has 0 radical (unpaired) electrons. The Labute approximate surface area is 201 Å². The Morgan fingerprint density at radius 1 is 1.12 bits per heavy atom. The molecule has 2 aliphatic rings. The third-order valence-corrected chi connectivity index (χ3v) is 9.36. The summed E-state index contributed by atoms with van der Waals surface area (Å²) in [5.41, 5.74) is 0.577. The molecule has 2 aromatic rings. The van der Waals surface area contributed by atoms with Crippen LogP contribution in [0.5, 0.6) is 0 Å². The number of carbonyl (C=O) groups excluding carboxylic acids is 1. The highest BCUT2D eigenvalue weighted by atomic mass is 32.2. The number of aromatic nitrogens is 2. The molecule has 11 heteroatoms. The smallest absolute Gasteiger partial charge is 0.233 e. The van der Waals surface area contributed by atoms with Gasteiger partial charge in [-0.05, 0) is 55.7 Å². The summed E-state index contributed by atoms with van der Waals surface area (Å²) in [5.74, 6) is -0.735. The molecule has 7 nitrogen and oxygen atoms in total. The quantitative estimate of drug-likeness (QED) is 0.468. The highest BCUT2D eigenvalue weighted by molar-refractivity contribution is 7.99. The number of hydrogen-bond acceptors (Lipinski definition) is 7. The molecule has 184 valence electrons. The molecule has 4 atom stereocenters. The minimum absolute atomic E-state index is 0.00784. The summed E-state index contributed by atoms with van der Waals surface area (Å²) in [6.45, 7) is 0.00784. The second-order valence-corrected chi connectivity index (χ2v) is 12.1. The fraction of sp³-hybridized carbons (Fsp3) is 0.522. The number of amides is 1. The number of nitrogens with zero attached hydrogens (tertiary/aromatic N) is 2. The predicted molar refractivity (Wildman–Crippen MR) is 125 cm³/mol. The van der Waals surface area contributed by atoms with Crippen LogP contribution in [0.15, 0.2) is 46.6 Å². The number of aliphatic hydroxyl groups excluding tert-OH is 1. The number of alkyl halides is 2. The highest BCUT2D eigenvalue weighted by Crippen LogP contribution is 2.39. The van der Waals surface area contributed by atoms with Crippen molar-refractivity contribution in [3.8, 4) is 0 Å². The minimum Gasteiger partial charge on any atom is -0.396 e. The lowest BCUT2D eigenvalue weighted by Gasteiger charge is -2.20. The number of rotatable bonds is 10. The number of hydrogen-bond donors (Lipinski definition) is 2. The van der Waals surface area contributed by atoms with Crippen LogP contribution < -0.4 is 5.32 Å². The topological polar surface area (TPSA) is 109 Å². The van der Waals surface area contributed by atoms with Crippen LogP contribution in [-0.4, -0.2) is 59.4 Å². The van der Waals surface area contributed by atoms with Gasteiger partial charge in [0.2, 0.25) is 5.91 Å². The van der Waals surface area contributed by atoms with Crippen LogP contribution in [-0.2, 0) is 14.6 Å². The first kappa shape index (κ1) is 25.0. The molecule has 2 N–H and O–H groups in total. The van der Waals surface area contributed by atoms with Crippen molar-refractivity contribution in [2.75, 3.05) is 17.7 Å². The van der Waals surface area contributed by atoms with E-state index in [4.69, 9.17) is 5.11 Å². The Balaban J connectivity index is 1.52. The summed E-state index contributed by atoms with van der Waals surface area (Å²) in [6, 6.07) is 6.21. The van der Waals surface area contributed by atoms with Gasteiger partial charge in [-0.15, -0.1) is 11.8 Å². The number of nitrogens with one attached hydrogen (secondary N) is 1. The molecule has 0 saturated heterocycles. The fourth-order valence-electron chi connectivity index (χ4n) is 4.23. The molecule has 2 aliphatic carbocycles. The zero-order valence-electron chi connectivity index (χ0n) is 18.4. The van der Waals surface area contributed by atoms with Crippen molar-refractivity contribution in [1.82, 2.24) is 9.97 Å². The lowest BCUT2D eigenvalue weighted by atomic mass is 9.87. The monoisotopic (exact) mass is 511 g/mol. The van der Waals surface area contributed by atoms with Crippen LogP contribution in [0.25, 0.3) is 0 Å². The van der Waals surface area contributed by atoms with E-state index in [1.165, 1.54) is 36.3 Å². The van der Waals surface area contributed by atoms with E-state index in [0.717, 1.165) is 0 Å². The van der Waals surface area contributed by atoms with Gasteiger partial charge >= 0.3 is 0 Å². The van der Waals surface area contributed by atoms with E-state index >= 15 is 0 Å². The van der Waals surface area contributed by atoms with Crippen molar-refractivity contribution in [2.24, 2.45) is 5.92 Å². The van der Waals surface area contributed by atoms with Crippen LogP contribution in [0.4, 0.5) is 14.6 Å². The maximum Gasteiger partial charge on any atom is 0.233 e. The molecular weight excluding hydrogens is 484 g/mol. The number of aliphatic hydroxyl groups is 1. The van der Waals surface area contributed by atoms with Crippen LogP contribution in [0.2, 0.25) is 0 Å². The molecule has 1 heterocycles. The standard InChI is InChI=1S/C23H27F2N3O4S2/c24-19-10-14(11-20(19)25)9-18(15-1-3-16(4-2-15)34(31,32)17-5-6-17)23(30)28-21-12-27-22(13-26-21)33-8-7-29/h1-4,12-14,17-20,29H,5-11H2,(H,26,28,30)/t14?,18-,19-,20+/m1/s1. The highest BCUT2D eigenvalue weighted by Gasteiger charge is 2.38. The lowest BCUT2D eigenvalue weighted by Crippen LogP contribution is -2.24.